The predicted molar refractivity (Wildman–Crippen MR) is 121 cm³/mol. The third-order valence-electron chi connectivity index (χ3n) is 7.23. The molecule has 1 heterocycles. The summed E-state index contributed by atoms with van der Waals surface area (Å²) in [7, 11) is 1.51. The second kappa shape index (κ2) is 7.22. The summed E-state index contributed by atoms with van der Waals surface area (Å²) in [4.78, 5) is 18.9. The second-order valence-electron chi connectivity index (χ2n) is 9.35. The summed E-state index contributed by atoms with van der Waals surface area (Å²) in [6.45, 7) is 1.85. The topological polar surface area (TPSA) is 46.9 Å². The Kier molecular flexibility index (Phi) is 4.87. The summed E-state index contributed by atoms with van der Waals surface area (Å²) in [6.07, 6.45) is -2.46. The summed E-state index contributed by atoms with van der Waals surface area (Å²) in [5.74, 6) is -0.201. The van der Waals surface area contributed by atoms with E-state index in [4.69, 9.17) is 4.98 Å². The van der Waals surface area contributed by atoms with Crippen LogP contribution in [-0.2, 0) is 12.5 Å². The van der Waals surface area contributed by atoms with Gasteiger partial charge in [-0.25, -0.2) is 9.37 Å². The van der Waals surface area contributed by atoms with Crippen molar-refractivity contribution in [2.45, 2.75) is 48.7 Å². The van der Waals surface area contributed by atoms with Crippen LogP contribution in [0.5, 0.6) is 0 Å². The summed E-state index contributed by atoms with van der Waals surface area (Å²) in [6, 6.07) is 9.81. The van der Waals surface area contributed by atoms with Crippen LogP contribution < -0.4 is 10.9 Å². The number of halogens is 4. The highest BCUT2D eigenvalue weighted by Crippen LogP contribution is 2.78. The van der Waals surface area contributed by atoms with E-state index < -0.39 is 34.4 Å². The van der Waals surface area contributed by atoms with Crippen molar-refractivity contribution in [2.24, 2.45) is 12.5 Å². The van der Waals surface area contributed by atoms with Gasteiger partial charge in [-0.2, -0.15) is 13.2 Å². The molecule has 0 amide bonds. The Hall–Kier alpha value is -2.55. The largest absolute Gasteiger partial charge is 0.394 e. The van der Waals surface area contributed by atoms with Gasteiger partial charge in [0.05, 0.1) is 22.4 Å². The van der Waals surface area contributed by atoms with Gasteiger partial charge in [-0.1, -0.05) is 12.1 Å². The van der Waals surface area contributed by atoms with E-state index in [2.05, 4.69) is 5.32 Å². The lowest BCUT2D eigenvalue weighted by Crippen LogP contribution is -2.71. The number of thioether (sulfide) groups is 1. The number of rotatable bonds is 5. The van der Waals surface area contributed by atoms with Crippen LogP contribution in [0.3, 0.4) is 0 Å². The molecule has 0 radical (unpaired) electrons. The van der Waals surface area contributed by atoms with Gasteiger partial charge in [0.25, 0.3) is 5.56 Å². The van der Waals surface area contributed by atoms with Crippen LogP contribution in [0.4, 0.5) is 23.2 Å². The lowest BCUT2D eigenvalue weighted by Gasteiger charge is -2.69. The second-order valence-corrected chi connectivity index (χ2v) is 10.2. The molecule has 3 fully saturated rings. The minimum Gasteiger partial charge on any atom is -0.378 e. The van der Waals surface area contributed by atoms with Crippen LogP contribution in [0.2, 0.25) is 0 Å². The SMILES string of the molecule is CSc1ccccc1NC(C)c1cc(F)cc2c(=O)n(C)c(C34CC(C(F)(F)F)(C3)C4)nc12. The highest BCUT2D eigenvalue weighted by Gasteiger charge is 2.79. The fourth-order valence-electron chi connectivity index (χ4n) is 5.57. The summed E-state index contributed by atoms with van der Waals surface area (Å²) in [5.41, 5.74) is -1.14. The van der Waals surface area contributed by atoms with Gasteiger partial charge in [0.2, 0.25) is 0 Å². The molecule has 1 unspecified atom stereocenters. The number of hydrogen-bond donors (Lipinski definition) is 1. The molecule has 33 heavy (non-hydrogen) atoms. The minimum atomic E-state index is -4.25. The van der Waals surface area contributed by atoms with Crippen molar-refractivity contribution in [2.75, 3.05) is 11.6 Å². The van der Waals surface area contributed by atoms with E-state index in [0.29, 0.717) is 16.9 Å². The number of fused-ring (bicyclic) bond motifs is 1. The maximum absolute atomic E-state index is 14.5. The smallest absolute Gasteiger partial charge is 0.378 e. The van der Waals surface area contributed by atoms with Gasteiger partial charge in [-0.15, -0.1) is 11.8 Å². The zero-order chi connectivity index (χ0) is 23.8. The first-order chi connectivity index (χ1) is 15.5. The highest BCUT2D eigenvalue weighted by molar-refractivity contribution is 7.98. The number of aromatic nitrogens is 2. The van der Waals surface area contributed by atoms with Gasteiger partial charge in [0, 0.05) is 28.6 Å². The predicted octanol–water partition coefficient (Wildman–Crippen LogP) is 5.95. The zero-order valence-corrected chi connectivity index (χ0v) is 19.2. The summed E-state index contributed by atoms with van der Waals surface area (Å²) < 4.78 is 56.0. The first-order valence-corrected chi connectivity index (χ1v) is 11.9. The van der Waals surface area contributed by atoms with E-state index in [1.165, 1.54) is 17.7 Å². The maximum atomic E-state index is 14.5. The van der Waals surface area contributed by atoms with E-state index in [0.717, 1.165) is 16.6 Å². The monoisotopic (exact) mass is 477 g/mol. The van der Waals surface area contributed by atoms with Crippen molar-refractivity contribution in [1.82, 2.24) is 9.55 Å². The first-order valence-electron chi connectivity index (χ1n) is 10.7. The molecule has 3 aliphatic rings. The third-order valence-corrected chi connectivity index (χ3v) is 8.02. The molecule has 2 aromatic carbocycles. The molecule has 3 aromatic rings. The molecule has 0 aliphatic heterocycles. The molecule has 0 saturated heterocycles. The maximum Gasteiger partial charge on any atom is 0.394 e. The van der Waals surface area contributed by atoms with E-state index in [9.17, 15) is 22.4 Å². The van der Waals surface area contributed by atoms with Crippen molar-refractivity contribution in [3.8, 4) is 0 Å². The Labute approximate surface area is 192 Å². The van der Waals surface area contributed by atoms with E-state index >= 15 is 0 Å². The Morgan fingerprint density at radius 3 is 2.48 bits per heavy atom. The van der Waals surface area contributed by atoms with Crippen molar-refractivity contribution < 1.29 is 17.6 Å². The fraction of sp³-hybridized carbons (Fsp3) is 0.417. The Morgan fingerprint density at radius 2 is 1.85 bits per heavy atom. The molecule has 1 aromatic heterocycles. The van der Waals surface area contributed by atoms with E-state index in [-0.39, 0.29) is 24.6 Å². The molecule has 4 nitrogen and oxygen atoms in total. The number of nitrogens with zero attached hydrogens (tertiary/aromatic N) is 2. The van der Waals surface area contributed by atoms with Crippen molar-refractivity contribution in [1.29, 1.82) is 0 Å². The third kappa shape index (κ3) is 3.19. The Balaban J connectivity index is 1.59. The van der Waals surface area contributed by atoms with Crippen LogP contribution >= 0.6 is 11.8 Å². The van der Waals surface area contributed by atoms with Crippen molar-refractivity contribution in [3.63, 3.8) is 0 Å². The number of nitrogens with one attached hydrogen (secondary N) is 1. The molecular weight excluding hydrogens is 454 g/mol. The fourth-order valence-corrected chi connectivity index (χ4v) is 6.13. The Morgan fingerprint density at radius 1 is 1.18 bits per heavy atom. The average Bonchev–Trinajstić information content (AvgIpc) is 2.69. The molecule has 174 valence electrons. The van der Waals surface area contributed by atoms with Gasteiger partial charge >= 0.3 is 6.18 Å². The number of hydrogen-bond acceptors (Lipinski definition) is 4. The van der Waals surface area contributed by atoms with Crippen LogP contribution in [-0.4, -0.2) is 22.0 Å². The molecule has 0 spiro atoms. The van der Waals surface area contributed by atoms with Gasteiger partial charge < -0.3 is 5.32 Å². The van der Waals surface area contributed by atoms with Gasteiger partial charge in [0.15, 0.2) is 0 Å². The number of alkyl halides is 3. The van der Waals surface area contributed by atoms with Gasteiger partial charge in [0.1, 0.15) is 11.6 Å². The standard InChI is InChI=1S/C24H23F4N3OS/c1-13(29-17-6-4-5-7-18(17)33-3)15-8-14(25)9-16-19(15)30-21(31(2)20(16)32)22-10-23(11-22,12-22)24(26,27)28/h4-9,13,29H,10-12H2,1-3H3. The molecule has 2 bridgehead atoms. The van der Waals surface area contributed by atoms with Crippen molar-refractivity contribution >= 4 is 28.4 Å². The normalized spacial score (nSPS) is 24.8. The average molecular weight is 478 g/mol. The first kappa shape index (κ1) is 22.3. The number of anilines is 1. The zero-order valence-electron chi connectivity index (χ0n) is 18.4. The molecular formula is C24H23F4N3OS. The van der Waals surface area contributed by atoms with Crippen LogP contribution in [0.15, 0.2) is 46.1 Å². The molecule has 3 aliphatic carbocycles. The lowest BCUT2D eigenvalue weighted by atomic mass is 9.34. The highest BCUT2D eigenvalue weighted by atomic mass is 32.2. The van der Waals surface area contributed by atoms with Gasteiger partial charge in [-0.05, 0) is 56.7 Å². The molecule has 3 saturated carbocycles. The van der Waals surface area contributed by atoms with Crippen LogP contribution in [0.25, 0.3) is 10.9 Å². The van der Waals surface area contributed by atoms with E-state index in [1.807, 2.05) is 37.4 Å². The van der Waals surface area contributed by atoms with Crippen LogP contribution in [0, 0.1) is 11.2 Å². The van der Waals surface area contributed by atoms with Gasteiger partial charge in [-0.3, -0.25) is 9.36 Å². The Bertz CT molecular complexity index is 1310. The molecule has 9 heteroatoms. The van der Waals surface area contributed by atoms with E-state index in [1.54, 1.807) is 11.8 Å². The lowest BCUT2D eigenvalue weighted by molar-refractivity contribution is -0.339. The quantitative estimate of drug-likeness (QED) is 0.364. The minimum absolute atomic E-state index is 0.0548. The molecule has 1 atom stereocenters. The summed E-state index contributed by atoms with van der Waals surface area (Å²) in [5, 5.41) is 3.49. The van der Waals surface area contributed by atoms with Crippen LogP contribution in [0.1, 0.15) is 43.6 Å². The number of benzene rings is 2. The molecule has 6 rings (SSSR count). The number of para-hydroxylation sites is 1. The summed E-state index contributed by atoms with van der Waals surface area (Å²) >= 11 is 1.57. The molecule has 1 N–H and O–H groups in total. The van der Waals surface area contributed by atoms with Crippen molar-refractivity contribution in [3.05, 3.63) is 64.0 Å².